The zero-order valence-electron chi connectivity index (χ0n) is 19.3. The summed E-state index contributed by atoms with van der Waals surface area (Å²) in [5.41, 5.74) is 2.41. The molecule has 1 atom stereocenters. The molecule has 0 bridgehead atoms. The predicted molar refractivity (Wildman–Crippen MR) is 131 cm³/mol. The van der Waals surface area contributed by atoms with Crippen LogP contribution in [0.5, 0.6) is 0 Å². The smallest absolute Gasteiger partial charge is 0.321 e. The highest BCUT2D eigenvalue weighted by Crippen LogP contribution is 2.35. The third-order valence-corrected chi connectivity index (χ3v) is 6.13. The SMILES string of the molecule is C#C[C@H](CO)Nc1cc(-c2cc(NC(=O)N3CCCC3)ccc2C)c(F)c(N2CCOCC2)n1. The normalized spacial score (nSPS) is 16.8. The quantitative estimate of drug-likeness (QED) is 0.566. The van der Waals surface area contributed by atoms with E-state index < -0.39 is 11.9 Å². The molecule has 2 aliphatic rings. The molecule has 1 aromatic heterocycles. The van der Waals surface area contributed by atoms with Crippen LogP contribution in [0.25, 0.3) is 11.1 Å². The van der Waals surface area contributed by atoms with Gasteiger partial charge >= 0.3 is 6.03 Å². The number of benzene rings is 1. The Morgan fingerprint density at radius 1 is 1.24 bits per heavy atom. The van der Waals surface area contributed by atoms with E-state index in [2.05, 4.69) is 21.5 Å². The van der Waals surface area contributed by atoms with Gasteiger partial charge in [-0.3, -0.25) is 0 Å². The number of likely N-dealkylation sites (tertiary alicyclic amines) is 1. The molecule has 0 saturated carbocycles. The molecule has 8 nitrogen and oxygen atoms in total. The number of hydrogen-bond donors (Lipinski definition) is 3. The van der Waals surface area contributed by atoms with E-state index in [0.717, 1.165) is 31.5 Å². The summed E-state index contributed by atoms with van der Waals surface area (Å²) in [6.07, 6.45) is 7.49. The standard InChI is InChI=1S/C25H30FN5O3/c1-3-18(16-32)27-22-15-21(23(26)24(29-22)30-10-12-34-13-11-30)20-14-19(7-6-17(20)2)28-25(33)31-8-4-5-9-31/h1,6-7,14-15,18,32H,4-5,8-13,16H2,2H3,(H,27,29)(H,28,33)/t18-/m1/s1. The van der Waals surface area contributed by atoms with Gasteiger partial charge in [-0.25, -0.2) is 14.2 Å². The Morgan fingerprint density at radius 2 is 1.97 bits per heavy atom. The number of nitrogens with one attached hydrogen (secondary N) is 2. The summed E-state index contributed by atoms with van der Waals surface area (Å²) in [7, 11) is 0. The van der Waals surface area contributed by atoms with E-state index in [4.69, 9.17) is 11.2 Å². The summed E-state index contributed by atoms with van der Waals surface area (Å²) < 4.78 is 21.3. The number of carbonyl (C=O) groups is 1. The van der Waals surface area contributed by atoms with Gasteiger partial charge in [-0.05, 0) is 49.1 Å². The van der Waals surface area contributed by atoms with Crippen molar-refractivity contribution in [3.8, 4) is 23.5 Å². The fourth-order valence-electron chi connectivity index (χ4n) is 4.20. The fourth-order valence-corrected chi connectivity index (χ4v) is 4.20. The van der Waals surface area contributed by atoms with Gasteiger partial charge in [-0.1, -0.05) is 12.0 Å². The Bertz CT molecular complexity index is 1070. The highest BCUT2D eigenvalue weighted by molar-refractivity contribution is 5.91. The van der Waals surface area contributed by atoms with Crippen molar-refractivity contribution in [3.63, 3.8) is 0 Å². The van der Waals surface area contributed by atoms with Gasteiger partial charge in [0.2, 0.25) is 0 Å². The Balaban J connectivity index is 1.72. The molecule has 2 fully saturated rings. The van der Waals surface area contributed by atoms with E-state index in [-0.39, 0.29) is 18.5 Å². The number of urea groups is 1. The largest absolute Gasteiger partial charge is 0.393 e. The minimum Gasteiger partial charge on any atom is -0.393 e. The first-order chi connectivity index (χ1) is 16.5. The van der Waals surface area contributed by atoms with Crippen LogP contribution in [-0.4, -0.2) is 73.1 Å². The van der Waals surface area contributed by atoms with E-state index in [1.165, 1.54) is 0 Å². The van der Waals surface area contributed by atoms with Gasteiger partial charge in [0.1, 0.15) is 11.9 Å². The lowest BCUT2D eigenvalue weighted by Crippen LogP contribution is -2.37. The van der Waals surface area contributed by atoms with Crippen molar-refractivity contribution in [2.45, 2.75) is 25.8 Å². The van der Waals surface area contributed by atoms with Crippen LogP contribution in [0.4, 0.5) is 26.5 Å². The second-order valence-corrected chi connectivity index (χ2v) is 8.49. The molecule has 34 heavy (non-hydrogen) atoms. The van der Waals surface area contributed by atoms with Gasteiger partial charge in [-0.2, -0.15) is 0 Å². The highest BCUT2D eigenvalue weighted by Gasteiger charge is 2.23. The first kappa shape index (κ1) is 23.8. The van der Waals surface area contributed by atoms with Crippen LogP contribution in [0.1, 0.15) is 18.4 Å². The van der Waals surface area contributed by atoms with E-state index in [0.29, 0.717) is 48.9 Å². The molecular weight excluding hydrogens is 437 g/mol. The third kappa shape index (κ3) is 5.24. The lowest BCUT2D eigenvalue weighted by molar-refractivity contribution is 0.122. The minimum absolute atomic E-state index is 0.154. The second kappa shape index (κ2) is 10.7. The third-order valence-electron chi connectivity index (χ3n) is 6.13. The minimum atomic E-state index is -0.657. The lowest BCUT2D eigenvalue weighted by Gasteiger charge is -2.29. The number of rotatable bonds is 6. The maximum atomic E-state index is 15.9. The molecule has 0 unspecified atom stereocenters. The molecule has 4 rings (SSSR count). The number of hydrogen-bond acceptors (Lipinski definition) is 6. The van der Waals surface area contributed by atoms with Crippen LogP contribution < -0.4 is 15.5 Å². The number of morpholine rings is 1. The van der Waals surface area contributed by atoms with Gasteiger partial charge in [0.25, 0.3) is 0 Å². The summed E-state index contributed by atoms with van der Waals surface area (Å²) >= 11 is 0. The van der Waals surface area contributed by atoms with E-state index in [1.807, 2.05) is 24.0 Å². The van der Waals surface area contributed by atoms with Crippen molar-refractivity contribution in [2.75, 3.05) is 61.5 Å². The maximum Gasteiger partial charge on any atom is 0.321 e. The fraction of sp³-hybridized carbons (Fsp3) is 0.440. The molecule has 0 radical (unpaired) electrons. The number of nitrogens with zero attached hydrogens (tertiary/aromatic N) is 3. The van der Waals surface area contributed by atoms with Crippen molar-refractivity contribution in [3.05, 3.63) is 35.6 Å². The number of ether oxygens (including phenoxy) is 1. The molecule has 2 aliphatic heterocycles. The van der Waals surface area contributed by atoms with Crippen LogP contribution in [0.15, 0.2) is 24.3 Å². The summed E-state index contributed by atoms with van der Waals surface area (Å²) in [6, 6.07) is 6.23. The van der Waals surface area contributed by atoms with Gasteiger partial charge in [0.05, 0.1) is 19.8 Å². The Kier molecular flexibility index (Phi) is 7.50. The van der Waals surface area contributed by atoms with E-state index in [9.17, 15) is 9.90 Å². The Hall–Kier alpha value is -3.35. The van der Waals surface area contributed by atoms with Crippen LogP contribution in [0, 0.1) is 25.1 Å². The molecular formula is C25H30FN5O3. The van der Waals surface area contributed by atoms with Crippen molar-refractivity contribution < 1.29 is 19.0 Å². The van der Waals surface area contributed by atoms with Crippen LogP contribution in [-0.2, 0) is 4.74 Å². The van der Waals surface area contributed by atoms with Crippen molar-refractivity contribution in [2.24, 2.45) is 0 Å². The zero-order valence-corrected chi connectivity index (χ0v) is 19.3. The molecule has 1 aromatic carbocycles. The number of carbonyl (C=O) groups excluding carboxylic acids is 1. The Morgan fingerprint density at radius 3 is 2.65 bits per heavy atom. The average molecular weight is 468 g/mol. The van der Waals surface area contributed by atoms with Gasteiger partial charge in [0.15, 0.2) is 11.6 Å². The molecule has 0 spiro atoms. The van der Waals surface area contributed by atoms with Gasteiger partial charge in [0, 0.05) is 37.4 Å². The molecule has 3 heterocycles. The number of terminal acetylenes is 1. The molecule has 2 amide bonds. The van der Waals surface area contributed by atoms with Gasteiger partial charge < -0.3 is 30.3 Å². The number of halogens is 1. The van der Waals surface area contributed by atoms with Crippen LogP contribution in [0.3, 0.4) is 0 Å². The summed E-state index contributed by atoms with van der Waals surface area (Å²) in [4.78, 5) is 20.7. The van der Waals surface area contributed by atoms with Crippen molar-refractivity contribution in [1.29, 1.82) is 0 Å². The first-order valence-electron chi connectivity index (χ1n) is 11.5. The number of aliphatic hydroxyl groups is 1. The molecule has 3 N–H and O–H groups in total. The number of amides is 2. The monoisotopic (exact) mass is 467 g/mol. The summed E-state index contributed by atoms with van der Waals surface area (Å²) in [6.45, 7) is 5.07. The highest BCUT2D eigenvalue weighted by atomic mass is 19.1. The summed E-state index contributed by atoms with van der Waals surface area (Å²) in [5, 5.41) is 15.5. The zero-order chi connectivity index (χ0) is 24.1. The lowest BCUT2D eigenvalue weighted by atomic mass is 9.99. The number of anilines is 3. The molecule has 0 aliphatic carbocycles. The predicted octanol–water partition coefficient (Wildman–Crippen LogP) is 3.07. The maximum absolute atomic E-state index is 15.9. The number of aliphatic hydroxyl groups excluding tert-OH is 1. The number of aromatic nitrogens is 1. The van der Waals surface area contributed by atoms with E-state index >= 15 is 4.39 Å². The van der Waals surface area contributed by atoms with Crippen LogP contribution >= 0.6 is 0 Å². The molecule has 2 saturated heterocycles. The molecule has 2 aromatic rings. The molecule has 9 heteroatoms. The Labute approximate surface area is 199 Å². The van der Waals surface area contributed by atoms with Gasteiger partial charge in [-0.15, -0.1) is 6.42 Å². The number of pyridine rings is 1. The molecule has 180 valence electrons. The van der Waals surface area contributed by atoms with E-state index in [1.54, 1.807) is 17.0 Å². The first-order valence-corrected chi connectivity index (χ1v) is 11.5. The second-order valence-electron chi connectivity index (χ2n) is 8.49. The van der Waals surface area contributed by atoms with Crippen LogP contribution in [0.2, 0.25) is 0 Å². The number of aryl methyl sites for hydroxylation is 1. The average Bonchev–Trinajstić information content (AvgIpc) is 3.40. The van der Waals surface area contributed by atoms with Crippen molar-refractivity contribution >= 4 is 23.4 Å². The summed E-state index contributed by atoms with van der Waals surface area (Å²) in [5.74, 6) is 2.56. The topological polar surface area (TPSA) is 90.0 Å². The van der Waals surface area contributed by atoms with Crippen molar-refractivity contribution in [1.82, 2.24) is 9.88 Å².